The van der Waals surface area contributed by atoms with Crippen molar-refractivity contribution in [1.82, 2.24) is 0 Å². The number of hydrogen-bond acceptors (Lipinski definition) is 4. The summed E-state index contributed by atoms with van der Waals surface area (Å²) in [6, 6.07) is 23.5. The van der Waals surface area contributed by atoms with Crippen molar-refractivity contribution in [2.75, 3.05) is 0 Å². The quantitative estimate of drug-likeness (QED) is 0.293. The standard InChI is InChI=1S/C21H15NO4/c23-19(16-8-6-15(7-9-16)14-4-2-1-3-5-14)21-20(26-21)17-10-12-18(13-11-17)22(24)25/h1-13,20-21H/t20-,21-/m1/s1. The largest absolute Gasteiger partial charge is 0.356 e. The van der Waals surface area contributed by atoms with E-state index >= 15 is 0 Å². The third-order valence-corrected chi connectivity index (χ3v) is 4.46. The molecule has 0 spiro atoms. The number of Topliss-reactive ketones (excluding diaryl/α,β-unsaturated/α-hetero) is 1. The predicted octanol–water partition coefficient (Wildman–Crippen LogP) is 4.58. The molecule has 1 saturated heterocycles. The zero-order valence-electron chi connectivity index (χ0n) is 13.7. The lowest BCUT2D eigenvalue weighted by molar-refractivity contribution is -0.384. The molecule has 3 aromatic rings. The average molecular weight is 345 g/mol. The van der Waals surface area contributed by atoms with E-state index in [0.29, 0.717) is 5.56 Å². The first-order chi connectivity index (χ1) is 12.6. The Morgan fingerprint density at radius 3 is 2.08 bits per heavy atom. The van der Waals surface area contributed by atoms with E-state index in [1.165, 1.54) is 12.1 Å². The lowest BCUT2D eigenvalue weighted by atomic mass is 9.99. The van der Waals surface area contributed by atoms with Gasteiger partial charge in [-0.15, -0.1) is 0 Å². The molecule has 0 saturated carbocycles. The zero-order valence-corrected chi connectivity index (χ0v) is 13.7. The number of hydrogen-bond donors (Lipinski definition) is 0. The number of nitrogens with zero attached hydrogens (tertiary/aromatic N) is 1. The van der Waals surface area contributed by atoms with Gasteiger partial charge in [0.05, 0.1) is 4.92 Å². The number of carbonyl (C=O) groups excluding carboxylic acids is 1. The molecule has 0 bridgehead atoms. The molecule has 1 aliphatic rings. The molecule has 0 unspecified atom stereocenters. The van der Waals surface area contributed by atoms with Crippen LogP contribution < -0.4 is 0 Å². The first-order valence-corrected chi connectivity index (χ1v) is 8.23. The van der Waals surface area contributed by atoms with Crippen LogP contribution in [-0.4, -0.2) is 16.8 Å². The highest BCUT2D eigenvalue weighted by atomic mass is 16.6. The summed E-state index contributed by atoms with van der Waals surface area (Å²) in [4.78, 5) is 22.8. The number of carbonyl (C=O) groups is 1. The molecule has 2 atom stereocenters. The van der Waals surface area contributed by atoms with Crippen molar-refractivity contribution in [3.63, 3.8) is 0 Å². The number of nitro groups is 1. The maximum absolute atomic E-state index is 12.6. The average Bonchev–Trinajstić information content (AvgIpc) is 3.49. The first-order valence-electron chi connectivity index (χ1n) is 8.23. The predicted molar refractivity (Wildman–Crippen MR) is 96.9 cm³/mol. The Labute approximate surface area is 150 Å². The summed E-state index contributed by atoms with van der Waals surface area (Å²) in [5, 5.41) is 10.7. The second kappa shape index (κ2) is 6.54. The van der Waals surface area contributed by atoms with Gasteiger partial charge in [-0.1, -0.05) is 54.6 Å². The number of benzene rings is 3. The molecule has 0 radical (unpaired) electrons. The maximum atomic E-state index is 12.6. The van der Waals surface area contributed by atoms with Crippen LogP contribution >= 0.6 is 0 Å². The van der Waals surface area contributed by atoms with Crippen LogP contribution in [0, 0.1) is 10.1 Å². The van der Waals surface area contributed by atoms with Crippen LogP contribution in [0.4, 0.5) is 5.69 Å². The summed E-state index contributed by atoms with van der Waals surface area (Å²) in [5.74, 6) is -0.0760. The van der Waals surface area contributed by atoms with Crippen molar-refractivity contribution in [1.29, 1.82) is 0 Å². The van der Waals surface area contributed by atoms with Gasteiger partial charge in [0.25, 0.3) is 5.69 Å². The highest BCUT2D eigenvalue weighted by molar-refractivity contribution is 6.01. The van der Waals surface area contributed by atoms with Gasteiger partial charge in [0.15, 0.2) is 11.9 Å². The lowest BCUT2D eigenvalue weighted by Crippen LogP contribution is -2.08. The van der Waals surface area contributed by atoms with E-state index < -0.39 is 11.0 Å². The topological polar surface area (TPSA) is 72.7 Å². The van der Waals surface area contributed by atoms with Crippen LogP contribution in [0.1, 0.15) is 22.0 Å². The number of rotatable bonds is 5. The summed E-state index contributed by atoms with van der Waals surface area (Å²) in [6.45, 7) is 0. The van der Waals surface area contributed by atoms with E-state index in [-0.39, 0.29) is 17.6 Å². The molecule has 3 aromatic carbocycles. The Bertz CT molecular complexity index is 950. The van der Waals surface area contributed by atoms with Gasteiger partial charge in [0.2, 0.25) is 0 Å². The molecule has 4 rings (SSSR count). The summed E-state index contributed by atoms with van der Waals surface area (Å²) in [5.41, 5.74) is 3.53. The maximum Gasteiger partial charge on any atom is 0.269 e. The van der Waals surface area contributed by atoms with Crippen molar-refractivity contribution in [3.8, 4) is 11.1 Å². The normalized spacial score (nSPS) is 18.3. The van der Waals surface area contributed by atoms with Crippen LogP contribution in [0.5, 0.6) is 0 Å². The Hall–Kier alpha value is -3.31. The van der Waals surface area contributed by atoms with Crippen LogP contribution in [0.2, 0.25) is 0 Å². The Morgan fingerprint density at radius 1 is 0.846 bits per heavy atom. The van der Waals surface area contributed by atoms with E-state index in [0.717, 1.165) is 16.7 Å². The van der Waals surface area contributed by atoms with Crippen molar-refractivity contribution in [3.05, 3.63) is 100 Å². The van der Waals surface area contributed by atoms with Crippen LogP contribution in [0.15, 0.2) is 78.9 Å². The monoisotopic (exact) mass is 345 g/mol. The number of nitro benzene ring substituents is 1. The second-order valence-corrected chi connectivity index (χ2v) is 6.13. The fraction of sp³-hybridized carbons (Fsp3) is 0.0952. The molecule has 1 fully saturated rings. The SMILES string of the molecule is O=C(c1ccc(-c2ccccc2)cc1)[C@H]1O[C@@H]1c1ccc([N+](=O)[O-])cc1. The van der Waals surface area contributed by atoms with Crippen molar-refractivity contribution in [2.45, 2.75) is 12.2 Å². The molecule has 0 aromatic heterocycles. The van der Waals surface area contributed by atoms with Gasteiger partial charge in [-0.05, 0) is 28.8 Å². The molecular weight excluding hydrogens is 330 g/mol. The first kappa shape index (κ1) is 16.2. The van der Waals surface area contributed by atoms with Crippen LogP contribution in [0.25, 0.3) is 11.1 Å². The molecule has 0 amide bonds. The highest BCUT2D eigenvalue weighted by Gasteiger charge is 2.46. The highest BCUT2D eigenvalue weighted by Crippen LogP contribution is 2.41. The van der Waals surface area contributed by atoms with Gasteiger partial charge >= 0.3 is 0 Å². The Kier molecular flexibility index (Phi) is 4.07. The lowest BCUT2D eigenvalue weighted by Gasteiger charge is -2.03. The number of epoxide rings is 1. The van der Waals surface area contributed by atoms with E-state index in [2.05, 4.69) is 0 Å². The zero-order chi connectivity index (χ0) is 18.1. The van der Waals surface area contributed by atoms with E-state index in [1.807, 2.05) is 42.5 Å². The second-order valence-electron chi connectivity index (χ2n) is 6.13. The molecule has 0 N–H and O–H groups in total. The van der Waals surface area contributed by atoms with Gasteiger partial charge in [-0.25, -0.2) is 0 Å². The summed E-state index contributed by atoms with van der Waals surface area (Å²) >= 11 is 0. The van der Waals surface area contributed by atoms with Crippen molar-refractivity contribution >= 4 is 11.5 Å². The van der Waals surface area contributed by atoms with Gasteiger partial charge in [0, 0.05) is 17.7 Å². The smallest absolute Gasteiger partial charge is 0.269 e. The summed E-state index contributed by atoms with van der Waals surface area (Å²) in [7, 11) is 0. The van der Waals surface area contributed by atoms with Crippen molar-refractivity contribution < 1.29 is 14.5 Å². The molecule has 5 heteroatoms. The minimum Gasteiger partial charge on any atom is -0.356 e. The summed E-state index contributed by atoms with van der Waals surface area (Å²) in [6.07, 6.45) is -0.865. The van der Waals surface area contributed by atoms with Gasteiger partial charge in [-0.2, -0.15) is 0 Å². The van der Waals surface area contributed by atoms with Crippen molar-refractivity contribution in [2.24, 2.45) is 0 Å². The molecule has 1 heterocycles. The number of ketones is 1. The molecule has 5 nitrogen and oxygen atoms in total. The molecule has 1 aliphatic heterocycles. The minimum absolute atomic E-state index is 0.0220. The minimum atomic E-state index is -0.529. The van der Waals surface area contributed by atoms with E-state index in [4.69, 9.17) is 4.74 Å². The molecule has 0 aliphatic carbocycles. The molecular formula is C21H15NO4. The Morgan fingerprint density at radius 2 is 1.46 bits per heavy atom. The Balaban J connectivity index is 1.46. The van der Waals surface area contributed by atoms with Gasteiger partial charge in [-0.3, -0.25) is 14.9 Å². The fourth-order valence-electron chi connectivity index (χ4n) is 2.97. The van der Waals surface area contributed by atoms with E-state index in [1.54, 1.807) is 24.3 Å². The molecule has 128 valence electrons. The van der Waals surface area contributed by atoms with Gasteiger partial charge < -0.3 is 4.74 Å². The van der Waals surface area contributed by atoms with Crippen LogP contribution in [-0.2, 0) is 4.74 Å². The molecule has 26 heavy (non-hydrogen) atoms. The number of ether oxygens (including phenoxy) is 1. The van der Waals surface area contributed by atoms with E-state index in [9.17, 15) is 14.9 Å². The fourth-order valence-corrected chi connectivity index (χ4v) is 2.97. The van der Waals surface area contributed by atoms with Crippen LogP contribution in [0.3, 0.4) is 0 Å². The van der Waals surface area contributed by atoms with Gasteiger partial charge in [0.1, 0.15) is 6.10 Å². The number of non-ortho nitro benzene ring substituents is 1. The third-order valence-electron chi connectivity index (χ3n) is 4.46. The third kappa shape index (κ3) is 3.12. The summed E-state index contributed by atoms with van der Waals surface area (Å²) < 4.78 is 5.52.